The Morgan fingerprint density at radius 2 is 1.95 bits per heavy atom. The third-order valence-electron chi connectivity index (χ3n) is 3.88. The molecule has 21 heavy (non-hydrogen) atoms. The lowest BCUT2D eigenvalue weighted by Crippen LogP contribution is -2.30. The minimum Gasteiger partial charge on any atom is -0.470 e. The molecule has 1 fully saturated rings. The minimum atomic E-state index is -3.38. The van der Waals surface area contributed by atoms with Crippen LogP contribution in [0.15, 0.2) is 24.3 Å². The van der Waals surface area contributed by atoms with E-state index in [0.717, 1.165) is 0 Å². The third kappa shape index (κ3) is 2.14. The molecule has 116 valence electrons. The Bertz CT molecular complexity index is 584. The summed E-state index contributed by atoms with van der Waals surface area (Å²) < 4.78 is 29.7. The maximum Gasteiger partial charge on any atom is 0.353 e. The quantitative estimate of drug-likeness (QED) is 0.666. The number of para-hydroxylation sites is 1. The van der Waals surface area contributed by atoms with Gasteiger partial charge in [0.25, 0.3) is 0 Å². The number of aliphatic hydroxyl groups is 1. The van der Waals surface area contributed by atoms with Crippen LogP contribution in [-0.4, -0.2) is 34.7 Å². The van der Waals surface area contributed by atoms with E-state index in [4.69, 9.17) is 13.8 Å². The van der Waals surface area contributed by atoms with Gasteiger partial charge in [-0.2, -0.15) is 0 Å². The molecule has 1 unspecified atom stereocenters. The van der Waals surface area contributed by atoms with Crippen molar-refractivity contribution in [3.8, 4) is 5.75 Å². The summed E-state index contributed by atoms with van der Waals surface area (Å²) in [5.41, 5.74) is -0.204. The van der Waals surface area contributed by atoms with Crippen molar-refractivity contribution in [2.75, 3.05) is 13.2 Å². The van der Waals surface area contributed by atoms with E-state index in [9.17, 15) is 9.67 Å². The molecule has 7 heteroatoms. The number of fused-ring (bicyclic) bond motifs is 2. The van der Waals surface area contributed by atoms with Gasteiger partial charge in [0.15, 0.2) is 11.5 Å². The molecule has 0 amide bonds. The van der Waals surface area contributed by atoms with Crippen LogP contribution in [0.3, 0.4) is 0 Å². The number of hydrogen-bond donors (Lipinski definition) is 1. The van der Waals surface area contributed by atoms with Crippen LogP contribution in [0.4, 0.5) is 0 Å². The number of ether oxygens (including phenoxy) is 1. The van der Waals surface area contributed by atoms with E-state index in [2.05, 4.69) is 0 Å². The predicted molar refractivity (Wildman–Crippen MR) is 76.9 cm³/mol. The molecule has 1 saturated heterocycles. The number of rotatable bonds is 5. The molecule has 4 atom stereocenters. The summed E-state index contributed by atoms with van der Waals surface area (Å²) in [5, 5.41) is 10.5. The number of hydrogen-bond acceptors (Lipinski definition) is 6. The highest BCUT2D eigenvalue weighted by atomic mass is 31.2. The summed E-state index contributed by atoms with van der Waals surface area (Å²) in [4.78, 5) is 1.64. The van der Waals surface area contributed by atoms with E-state index >= 15 is 0 Å². The largest absolute Gasteiger partial charge is 0.470 e. The number of aliphatic hydroxyl groups excluding tert-OH is 1. The van der Waals surface area contributed by atoms with Crippen molar-refractivity contribution in [1.29, 1.82) is 0 Å². The second-order valence-corrected chi connectivity index (χ2v) is 7.31. The molecule has 1 aromatic carbocycles. The Morgan fingerprint density at radius 3 is 2.57 bits per heavy atom. The van der Waals surface area contributed by atoms with Crippen molar-refractivity contribution in [2.24, 2.45) is 0 Å². The topological polar surface area (TPSA) is 68.0 Å². The molecule has 0 aliphatic carbocycles. The Labute approximate surface area is 124 Å². The van der Waals surface area contributed by atoms with Crippen molar-refractivity contribution < 1.29 is 23.5 Å². The molecule has 0 saturated carbocycles. The fourth-order valence-electron chi connectivity index (χ4n) is 3.00. The molecule has 2 heterocycles. The molecule has 0 radical (unpaired) electrons. The zero-order valence-electron chi connectivity index (χ0n) is 12.4. The smallest absolute Gasteiger partial charge is 0.353 e. The SMILES string of the molecule is CCOP(=O)(OCC)[C@@H]1N2[C@@H](O)c3ccccc3O[C@@]12C. The zero-order valence-corrected chi connectivity index (χ0v) is 13.2. The van der Waals surface area contributed by atoms with Crippen molar-refractivity contribution in [3.63, 3.8) is 0 Å². The molecular weight excluding hydrogens is 293 g/mol. The molecule has 1 aromatic rings. The zero-order chi connectivity index (χ0) is 15.3. The van der Waals surface area contributed by atoms with Crippen LogP contribution in [0, 0.1) is 0 Å². The molecule has 2 aliphatic rings. The second kappa shape index (κ2) is 5.07. The Morgan fingerprint density at radius 1 is 1.33 bits per heavy atom. The van der Waals surface area contributed by atoms with Crippen LogP contribution >= 0.6 is 7.60 Å². The molecule has 0 aromatic heterocycles. The fraction of sp³-hybridized carbons (Fsp3) is 0.571. The highest BCUT2D eigenvalue weighted by Gasteiger charge is 2.75. The highest BCUT2D eigenvalue weighted by Crippen LogP contribution is 2.71. The minimum absolute atomic E-state index is 0.279. The molecule has 3 rings (SSSR count). The first kappa shape index (κ1) is 15.0. The van der Waals surface area contributed by atoms with Crippen LogP contribution in [0.2, 0.25) is 0 Å². The van der Waals surface area contributed by atoms with E-state index in [0.29, 0.717) is 11.3 Å². The van der Waals surface area contributed by atoms with Crippen molar-refractivity contribution in [3.05, 3.63) is 29.8 Å². The van der Waals surface area contributed by atoms with E-state index in [1.807, 2.05) is 12.1 Å². The average Bonchev–Trinajstić information content (AvgIpc) is 3.06. The maximum absolute atomic E-state index is 13.0. The standard InChI is InChI=1S/C14H20NO5P/c1-4-18-21(17,19-5-2)13-14(3)15(13)12(16)10-8-6-7-9-11(10)20-14/h6-9,12-13,16H,4-5H2,1-3H3/t12-,13-,14-,15?/m0/s1. The van der Waals surface area contributed by atoms with E-state index in [1.54, 1.807) is 37.8 Å². The van der Waals surface area contributed by atoms with Crippen molar-refractivity contribution in [2.45, 2.75) is 38.5 Å². The van der Waals surface area contributed by atoms with Gasteiger partial charge in [-0.15, -0.1) is 0 Å². The normalized spacial score (nSPS) is 33.8. The molecule has 1 N–H and O–H groups in total. The molecule has 0 bridgehead atoms. The van der Waals surface area contributed by atoms with E-state index < -0.39 is 25.3 Å². The van der Waals surface area contributed by atoms with Gasteiger partial charge in [0.05, 0.1) is 13.2 Å². The highest BCUT2D eigenvalue weighted by molar-refractivity contribution is 7.55. The summed E-state index contributed by atoms with van der Waals surface area (Å²) in [6.07, 6.45) is -0.876. The van der Waals surface area contributed by atoms with Gasteiger partial charge in [-0.25, -0.2) is 4.90 Å². The van der Waals surface area contributed by atoms with Crippen LogP contribution in [0.5, 0.6) is 5.75 Å². The Balaban J connectivity index is 1.95. The number of benzene rings is 1. The van der Waals surface area contributed by atoms with Crippen LogP contribution < -0.4 is 4.74 Å². The van der Waals surface area contributed by atoms with Crippen LogP contribution in [-0.2, 0) is 13.6 Å². The first-order valence-corrected chi connectivity index (χ1v) is 8.72. The molecule has 6 nitrogen and oxygen atoms in total. The summed E-state index contributed by atoms with van der Waals surface area (Å²) in [6, 6.07) is 7.26. The van der Waals surface area contributed by atoms with E-state index in [-0.39, 0.29) is 13.2 Å². The lowest BCUT2D eigenvalue weighted by molar-refractivity contribution is -0.0159. The van der Waals surface area contributed by atoms with Gasteiger partial charge < -0.3 is 18.9 Å². The molecule has 2 aliphatic heterocycles. The maximum atomic E-state index is 13.0. The van der Waals surface area contributed by atoms with Gasteiger partial charge in [0, 0.05) is 5.56 Å². The lowest BCUT2D eigenvalue weighted by atomic mass is 10.1. The first-order valence-electron chi connectivity index (χ1n) is 7.11. The van der Waals surface area contributed by atoms with Gasteiger partial charge in [-0.3, -0.25) is 4.57 Å². The second-order valence-electron chi connectivity index (χ2n) is 5.22. The molecule has 0 spiro atoms. The van der Waals surface area contributed by atoms with E-state index in [1.165, 1.54) is 0 Å². The van der Waals surface area contributed by atoms with Gasteiger partial charge in [0.2, 0.25) is 0 Å². The molecular formula is C14H20NO5P. The summed E-state index contributed by atoms with van der Waals surface area (Å²) in [6.45, 7) is 5.88. The fourth-order valence-corrected chi connectivity index (χ4v) is 5.45. The Kier molecular flexibility index (Phi) is 3.62. The van der Waals surface area contributed by atoms with Gasteiger partial charge in [-0.1, -0.05) is 18.2 Å². The monoisotopic (exact) mass is 313 g/mol. The summed E-state index contributed by atoms with van der Waals surface area (Å²) >= 11 is 0. The summed E-state index contributed by atoms with van der Waals surface area (Å²) in [7, 11) is -3.38. The lowest BCUT2D eigenvalue weighted by Gasteiger charge is -2.27. The number of nitrogens with zero attached hydrogens (tertiary/aromatic N) is 1. The predicted octanol–water partition coefficient (Wildman–Crippen LogP) is 2.69. The average molecular weight is 313 g/mol. The van der Waals surface area contributed by atoms with Gasteiger partial charge >= 0.3 is 7.60 Å². The van der Waals surface area contributed by atoms with Crippen molar-refractivity contribution in [1.82, 2.24) is 4.90 Å². The van der Waals surface area contributed by atoms with Gasteiger partial charge in [0.1, 0.15) is 12.0 Å². The summed E-state index contributed by atoms with van der Waals surface area (Å²) in [5.74, 6) is -0.00176. The third-order valence-corrected chi connectivity index (χ3v) is 6.45. The van der Waals surface area contributed by atoms with Crippen molar-refractivity contribution >= 4 is 7.60 Å². The first-order chi connectivity index (χ1) is 9.98. The van der Waals surface area contributed by atoms with Crippen LogP contribution in [0.1, 0.15) is 32.6 Å². The van der Waals surface area contributed by atoms with Crippen LogP contribution in [0.25, 0.3) is 0 Å². The Hall–Kier alpha value is -0.910. The van der Waals surface area contributed by atoms with Gasteiger partial charge in [-0.05, 0) is 26.8 Å².